The van der Waals surface area contributed by atoms with Crippen molar-refractivity contribution in [2.24, 2.45) is 0 Å². The van der Waals surface area contributed by atoms with Gasteiger partial charge in [0.2, 0.25) is 0 Å². The van der Waals surface area contributed by atoms with E-state index in [0.717, 1.165) is 49.9 Å². The van der Waals surface area contributed by atoms with Gasteiger partial charge in [-0.15, -0.1) is 0 Å². The maximum atomic E-state index is 4.52. The molecular formula is C20H15N5. The van der Waals surface area contributed by atoms with Crippen molar-refractivity contribution in [3.63, 3.8) is 0 Å². The van der Waals surface area contributed by atoms with Gasteiger partial charge in [-0.2, -0.15) is 5.10 Å². The van der Waals surface area contributed by atoms with Crippen molar-refractivity contribution < 1.29 is 0 Å². The van der Waals surface area contributed by atoms with Gasteiger partial charge >= 0.3 is 0 Å². The Morgan fingerprint density at radius 3 is 2.68 bits per heavy atom. The van der Waals surface area contributed by atoms with E-state index in [4.69, 9.17) is 0 Å². The summed E-state index contributed by atoms with van der Waals surface area (Å²) in [6, 6.07) is 12.5. The van der Waals surface area contributed by atoms with Crippen LogP contribution in [0.25, 0.3) is 44.3 Å². The highest BCUT2D eigenvalue weighted by molar-refractivity contribution is 5.97. The number of hydrogen-bond donors (Lipinski definition) is 2. The first kappa shape index (κ1) is 13.9. The molecule has 0 fully saturated rings. The summed E-state index contributed by atoms with van der Waals surface area (Å²) in [5.74, 6) is 0. The van der Waals surface area contributed by atoms with E-state index in [1.54, 1.807) is 6.20 Å². The predicted octanol–water partition coefficient (Wildman–Crippen LogP) is 4.48. The molecule has 0 atom stereocenters. The van der Waals surface area contributed by atoms with E-state index in [9.17, 15) is 0 Å². The molecule has 0 aliphatic heterocycles. The molecule has 0 bridgehead atoms. The largest absolute Gasteiger partial charge is 0.353 e. The normalized spacial score (nSPS) is 11.4. The fraction of sp³-hybridized carbons (Fsp3) is 0.0500. The molecule has 0 amide bonds. The van der Waals surface area contributed by atoms with Crippen LogP contribution in [-0.4, -0.2) is 25.1 Å². The van der Waals surface area contributed by atoms with Crippen LogP contribution in [0.1, 0.15) is 5.56 Å². The molecule has 0 aliphatic carbocycles. The Labute approximate surface area is 143 Å². The zero-order chi connectivity index (χ0) is 16.8. The van der Waals surface area contributed by atoms with E-state index >= 15 is 0 Å². The number of benzene rings is 1. The van der Waals surface area contributed by atoms with Crippen molar-refractivity contribution >= 4 is 21.8 Å². The van der Waals surface area contributed by atoms with Crippen LogP contribution in [0.15, 0.2) is 61.2 Å². The average molecular weight is 325 g/mol. The summed E-state index contributed by atoms with van der Waals surface area (Å²) in [6.45, 7) is 2.05. The Bertz CT molecular complexity index is 1180. The van der Waals surface area contributed by atoms with Gasteiger partial charge in [-0.3, -0.25) is 15.1 Å². The zero-order valence-corrected chi connectivity index (χ0v) is 13.6. The molecule has 5 heteroatoms. The standard InChI is InChI=1S/C20H15N5/c1-12-6-14(10-22-9-12)13-2-3-18-16(7-13)20(25-24-18)19-8-15-11-21-5-4-17(15)23-19/h2-11,23H,1H3,(H,24,25). The third kappa shape index (κ3) is 2.29. The molecule has 4 aromatic heterocycles. The highest BCUT2D eigenvalue weighted by Gasteiger charge is 2.12. The van der Waals surface area contributed by atoms with Crippen molar-refractivity contribution in [2.75, 3.05) is 0 Å². The number of aromatic nitrogens is 5. The second kappa shape index (κ2) is 5.27. The first-order valence-electron chi connectivity index (χ1n) is 8.11. The molecule has 2 N–H and O–H groups in total. The maximum absolute atomic E-state index is 4.52. The van der Waals surface area contributed by atoms with Gasteiger partial charge in [0, 0.05) is 46.6 Å². The number of hydrogen-bond acceptors (Lipinski definition) is 3. The molecule has 0 spiro atoms. The third-order valence-corrected chi connectivity index (χ3v) is 4.45. The van der Waals surface area contributed by atoms with E-state index in [2.05, 4.69) is 62.4 Å². The first-order valence-corrected chi connectivity index (χ1v) is 8.11. The number of aromatic amines is 2. The summed E-state index contributed by atoms with van der Waals surface area (Å²) in [5, 5.41) is 9.80. The molecule has 0 radical (unpaired) electrons. The molecule has 5 aromatic rings. The SMILES string of the molecule is Cc1cncc(-c2ccc3[nH]nc(-c4cc5cnccc5[nH]4)c3c2)c1. The van der Waals surface area contributed by atoms with E-state index in [0.29, 0.717) is 0 Å². The predicted molar refractivity (Wildman–Crippen MR) is 99.1 cm³/mol. The lowest BCUT2D eigenvalue weighted by Gasteiger charge is -2.03. The number of fused-ring (bicyclic) bond motifs is 2. The summed E-state index contributed by atoms with van der Waals surface area (Å²) in [5.41, 5.74) is 7.34. The van der Waals surface area contributed by atoms with Crippen LogP contribution in [-0.2, 0) is 0 Å². The number of pyridine rings is 2. The molecule has 5 rings (SSSR count). The lowest BCUT2D eigenvalue weighted by atomic mass is 10.0. The van der Waals surface area contributed by atoms with Crippen molar-refractivity contribution in [1.82, 2.24) is 25.1 Å². The number of nitrogens with zero attached hydrogens (tertiary/aromatic N) is 3. The summed E-state index contributed by atoms with van der Waals surface area (Å²) < 4.78 is 0. The van der Waals surface area contributed by atoms with Gasteiger partial charge in [0.15, 0.2) is 0 Å². The van der Waals surface area contributed by atoms with Gasteiger partial charge in [-0.25, -0.2) is 0 Å². The second-order valence-electron chi connectivity index (χ2n) is 6.23. The zero-order valence-electron chi connectivity index (χ0n) is 13.6. The van der Waals surface area contributed by atoms with Crippen molar-refractivity contribution in [1.29, 1.82) is 0 Å². The minimum Gasteiger partial charge on any atom is -0.353 e. The first-order chi connectivity index (χ1) is 12.3. The van der Waals surface area contributed by atoms with Crippen LogP contribution >= 0.6 is 0 Å². The Morgan fingerprint density at radius 1 is 0.840 bits per heavy atom. The molecule has 0 saturated carbocycles. The van der Waals surface area contributed by atoms with E-state index in [-0.39, 0.29) is 0 Å². The molecule has 0 unspecified atom stereocenters. The molecule has 5 nitrogen and oxygen atoms in total. The molecule has 4 heterocycles. The van der Waals surface area contributed by atoms with Crippen molar-refractivity contribution in [3.8, 4) is 22.5 Å². The molecule has 1 aromatic carbocycles. The molecule has 120 valence electrons. The van der Waals surface area contributed by atoms with Gasteiger partial charge in [-0.05, 0) is 48.4 Å². The van der Waals surface area contributed by atoms with Crippen LogP contribution in [0.2, 0.25) is 0 Å². The average Bonchev–Trinajstić information content (AvgIpc) is 3.24. The van der Waals surface area contributed by atoms with E-state index in [1.807, 2.05) is 24.7 Å². The van der Waals surface area contributed by atoms with Crippen LogP contribution in [0.3, 0.4) is 0 Å². The monoisotopic (exact) mass is 325 g/mol. The molecular weight excluding hydrogens is 310 g/mol. The summed E-state index contributed by atoms with van der Waals surface area (Å²) in [6.07, 6.45) is 7.40. The van der Waals surface area contributed by atoms with Crippen molar-refractivity contribution in [3.05, 3.63) is 66.7 Å². The number of H-pyrrole nitrogens is 2. The highest BCUT2D eigenvalue weighted by atomic mass is 15.1. The Hall–Kier alpha value is -3.47. The number of aryl methyl sites for hydroxylation is 1. The Kier molecular flexibility index (Phi) is 2.94. The van der Waals surface area contributed by atoms with Crippen LogP contribution in [0, 0.1) is 6.92 Å². The number of rotatable bonds is 2. The van der Waals surface area contributed by atoms with Gasteiger partial charge in [0.05, 0.1) is 11.2 Å². The lowest BCUT2D eigenvalue weighted by Crippen LogP contribution is -1.83. The van der Waals surface area contributed by atoms with Crippen molar-refractivity contribution in [2.45, 2.75) is 6.92 Å². The molecule has 25 heavy (non-hydrogen) atoms. The Morgan fingerprint density at radius 2 is 1.80 bits per heavy atom. The van der Waals surface area contributed by atoms with Gasteiger partial charge in [0.1, 0.15) is 5.69 Å². The number of nitrogens with one attached hydrogen (secondary N) is 2. The summed E-state index contributed by atoms with van der Waals surface area (Å²) in [7, 11) is 0. The van der Waals surface area contributed by atoms with Gasteiger partial charge in [0.25, 0.3) is 0 Å². The second-order valence-corrected chi connectivity index (χ2v) is 6.23. The van der Waals surface area contributed by atoms with E-state index in [1.165, 1.54) is 0 Å². The minimum absolute atomic E-state index is 0.911. The molecule has 0 aliphatic rings. The third-order valence-electron chi connectivity index (χ3n) is 4.45. The van der Waals surface area contributed by atoms with E-state index < -0.39 is 0 Å². The smallest absolute Gasteiger partial charge is 0.116 e. The van der Waals surface area contributed by atoms with Crippen LogP contribution in [0.5, 0.6) is 0 Å². The minimum atomic E-state index is 0.911. The highest BCUT2D eigenvalue weighted by Crippen LogP contribution is 2.31. The lowest BCUT2D eigenvalue weighted by molar-refractivity contribution is 1.12. The van der Waals surface area contributed by atoms with Gasteiger partial charge in [-0.1, -0.05) is 6.07 Å². The topological polar surface area (TPSA) is 70.2 Å². The molecule has 0 saturated heterocycles. The fourth-order valence-corrected chi connectivity index (χ4v) is 3.21. The Balaban J connectivity index is 1.70. The van der Waals surface area contributed by atoms with Crippen LogP contribution in [0.4, 0.5) is 0 Å². The summed E-state index contributed by atoms with van der Waals surface area (Å²) in [4.78, 5) is 11.9. The van der Waals surface area contributed by atoms with Gasteiger partial charge < -0.3 is 4.98 Å². The fourth-order valence-electron chi connectivity index (χ4n) is 3.21. The quantitative estimate of drug-likeness (QED) is 0.503. The summed E-state index contributed by atoms with van der Waals surface area (Å²) >= 11 is 0. The van der Waals surface area contributed by atoms with Crippen LogP contribution < -0.4 is 0 Å². The maximum Gasteiger partial charge on any atom is 0.116 e.